The van der Waals surface area contributed by atoms with Gasteiger partial charge in [-0.15, -0.1) is 0 Å². The number of fused-ring (bicyclic) bond motifs is 1. The highest BCUT2D eigenvalue weighted by atomic mass is 16.2. The highest BCUT2D eigenvalue weighted by Crippen LogP contribution is 2.28. The topological polar surface area (TPSA) is 63.4 Å². The summed E-state index contributed by atoms with van der Waals surface area (Å²) in [6, 6.07) is 4.97. The number of anilines is 2. The molecule has 4 heteroatoms. The second-order valence-corrected chi connectivity index (χ2v) is 3.33. The van der Waals surface area contributed by atoms with E-state index < -0.39 is 0 Å². The number of Topliss-reactive ketones (excluding diaryl/α,β-unsaturated/α-hetero) is 1. The van der Waals surface area contributed by atoms with E-state index in [4.69, 9.17) is 5.73 Å². The zero-order chi connectivity index (χ0) is 10.3. The minimum atomic E-state index is -0.187. The lowest BCUT2D eigenvalue weighted by Gasteiger charge is -2.24. The summed E-state index contributed by atoms with van der Waals surface area (Å²) in [6.07, 6.45) is -0.0482. The summed E-state index contributed by atoms with van der Waals surface area (Å²) < 4.78 is 0. The summed E-state index contributed by atoms with van der Waals surface area (Å²) in [5.41, 5.74) is 7.31. The van der Waals surface area contributed by atoms with Crippen LogP contribution in [0.4, 0.5) is 11.4 Å². The summed E-state index contributed by atoms with van der Waals surface area (Å²) >= 11 is 0. The maximum absolute atomic E-state index is 11.5. The molecule has 0 aliphatic carbocycles. The Labute approximate surface area is 81.3 Å². The van der Waals surface area contributed by atoms with E-state index in [1.165, 1.54) is 4.90 Å². The zero-order valence-electron chi connectivity index (χ0n) is 7.78. The quantitative estimate of drug-likeness (QED) is 0.486. The maximum Gasteiger partial charge on any atom is 0.234 e. The van der Waals surface area contributed by atoms with E-state index in [1.807, 2.05) is 0 Å². The van der Waals surface area contributed by atoms with Gasteiger partial charge in [-0.2, -0.15) is 0 Å². The summed E-state index contributed by atoms with van der Waals surface area (Å²) in [5.74, 6) is -0.323. The molecule has 0 saturated heterocycles. The lowest BCUT2D eigenvalue weighted by Crippen LogP contribution is -2.34. The largest absolute Gasteiger partial charge is 0.399 e. The third kappa shape index (κ3) is 1.16. The van der Waals surface area contributed by atoms with Crippen LogP contribution in [0.3, 0.4) is 0 Å². The van der Waals surface area contributed by atoms with Crippen LogP contribution in [0, 0.1) is 0 Å². The Morgan fingerprint density at radius 2 is 2.07 bits per heavy atom. The number of benzene rings is 1. The van der Waals surface area contributed by atoms with Gasteiger partial charge < -0.3 is 10.6 Å². The second kappa shape index (κ2) is 2.83. The van der Waals surface area contributed by atoms with E-state index in [0.29, 0.717) is 16.9 Å². The van der Waals surface area contributed by atoms with Gasteiger partial charge in [-0.3, -0.25) is 9.59 Å². The van der Waals surface area contributed by atoms with Crippen molar-refractivity contribution in [3.05, 3.63) is 23.8 Å². The number of amides is 1. The van der Waals surface area contributed by atoms with Crippen LogP contribution in [0.25, 0.3) is 0 Å². The lowest BCUT2D eigenvalue weighted by molar-refractivity contribution is -0.117. The van der Waals surface area contributed by atoms with Gasteiger partial charge in [-0.05, 0) is 18.2 Å². The average Bonchev–Trinajstić information content (AvgIpc) is 2.14. The Morgan fingerprint density at radius 1 is 1.36 bits per heavy atom. The van der Waals surface area contributed by atoms with E-state index in [2.05, 4.69) is 0 Å². The number of nitrogen functional groups attached to an aromatic ring is 1. The van der Waals surface area contributed by atoms with Crippen molar-refractivity contribution in [3.8, 4) is 0 Å². The Kier molecular flexibility index (Phi) is 1.77. The number of hydrogen-bond donors (Lipinski definition) is 1. The summed E-state index contributed by atoms with van der Waals surface area (Å²) in [5, 5.41) is 0. The van der Waals surface area contributed by atoms with Gasteiger partial charge in [-0.1, -0.05) is 0 Å². The molecule has 1 aliphatic heterocycles. The van der Waals surface area contributed by atoms with Crippen LogP contribution in [-0.2, 0) is 4.79 Å². The molecule has 2 N–H and O–H groups in total. The van der Waals surface area contributed by atoms with Gasteiger partial charge in [0.1, 0.15) is 0 Å². The molecular formula is C10H10N2O2. The Balaban J connectivity index is 2.62. The molecule has 2 rings (SSSR count). The molecule has 1 aromatic carbocycles. The minimum absolute atomic E-state index is 0.0482. The van der Waals surface area contributed by atoms with Gasteiger partial charge in [0, 0.05) is 18.3 Å². The SMILES string of the molecule is CN1C(=O)CC(=O)c2ccc(N)cc21. The van der Waals surface area contributed by atoms with Crippen LogP contribution in [-0.4, -0.2) is 18.7 Å². The third-order valence-electron chi connectivity index (χ3n) is 2.37. The molecule has 1 heterocycles. The van der Waals surface area contributed by atoms with Gasteiger partial charge in [0.05, 0.1) is 12.1 Å². The molecule has 0 fully saturated rings. The molecule has 0 saturated carbocycles. The van der Waals surface area contributed by atoms with E-state index in [0.717, 1.165) is 0 Å². The number of carbonyl (C=O) groups excluding carboxylic acids is 2. The van der Waals surface area contributed by atoms with Gasteiger partial charge >= 0.3 is 0 Å². The van der Waals surface area contributed by atoms with E-state index in [9.17, 15) is 9.59 Å². The fourth-order valence-corrected chi connectivity index (χ4v) is 1.55. The first kappa shape index (κ1) is 8.74. The first-order valence-corrected chi connectivity index (χ1v) is 4.29. The highest BCUT2D eigenvalue weighted by Gasteiger charge is 2.26. The zero-order valence-corrected chi connectivity index (χ0v) is 7.78. The number of rotatable bonds is 0. The van der Waals surface area contributed by atoms with Gasteiger partial charge in [0.15, 0.2) is 5.78 Å². The van der Waals surface area contributed by atoms with Crippen LogP contribution in [0.5, 0.6) is 0 Å². The molecule has 0 atom stereocenters. The molecule has 1 amide bonds. The lowest BCUT2D eigenvalue weighted by atomic mass is 10.00. The summed E-state index contributed by atoms with van der Waals surface area (Å²) in [4.78, 5) is 24.3. The molecule has 0 aromatic heterocycles. The molecule has 0 bridgehead atoms. The first-order valence-electron chi connectivity index (χ1n) is 4.29. The predicted octanol–water partition coefficient (Wildman–Crippen LogP) is 0.818. The normalized spacial score (nSPS) is 15.6. The van der Waals surface area contributed by atoms with Crippen molar-refractivity contribution in [2.24, 2.45) is 0 Å². The van der Waals surface area contributed by atoms with Crippen molar-refractivity contribution in [1.82, 2.24) is 0 Å². The van der Waals surface area contributed by atoms with E-state index in [1.54, 1.807) is 25.2 Å². The third-order valence-corrected chi connectivity index (χ3v) is 2.37. The van der Waals surface area contributed by atoms with Gasteiger partial charge in [-0.25, -0.2) is 0 Å². The van der Waals surface area contributed by atoms with E-state index in [-0.39, 0.29) is 18.1 Å². The fraction of sp³-hybridized carbons (Fsp3) is 0.200. The van der Waals surface area contributed by atoms with E-state index >= 15 is 0 Å². The van der Waals surface area contributed by atoms with Crippen molar-refractivity contribution in [3.63, 3.8) is 0 Å². The molecule has 0 spiro atoms. The van der Waals surface area contributed by atoms with Crippen molar-refractivity contribution in [1.29, 1.82) is 0 Å². The number of carbonyl (C=O) groups is 2. The number of nitrogens with two attached hydrogens (primary N) is 1. The van der Waals surface area contributed by atoms with Crippen LogP contribution >= 0.6 is 0 Å². The van der Waals surface area contributed by atoms with Crippen molar-refractivity contribution < 1.29 is 9.59 Å². The molecule has 14 heavy (non-hydrogen) atoms. The smallest absolute Gasteiger partial charge is 0.234 e. The molecule has 0 unspecified atom stereocenters. The Bertz CT molecular complexity index is 426. The highest BCUT2D eigenvalue weighted by molar-refractivity contribution is 6.19. The van der Waals surface area contributed by atoms with Crippen LogP contribution in [0.15, 0.2) is 18.2 Å². The summed E-state index contributed by atoms with van der Waals surface area (Å²) in [6.45, 7) is 0. The van der Waals surface area contributed by atoms with Crippen molar-refractivity contribution in [2.45, 2.75) is 6.42 Å². The molecular weight excluding hydrogens is 180 g/mol. The Hall–Kier alpha value is -1.84. The molecule has 1 aliphatic rings. The number of nitrogens with zero attached hydrogens (tertiary/aromatic N) is 1. The monoisotopic (exact) mass is 190 g/mol. The molecule has 1 aromatic rings. The maximum atomic E-state index is 11.5. The number of hydrogen-bond acceptors (Lipinski definition) is 3. The Morgan fingerprint density at radius 3 is 2.79 bits per heavy atom. The van der Waals surface area contributed by atoms with Crippen LogP contribution < -0.4 is 10.6 Å². The standard InChI is InChI=1S/C10H10N2O2/c1-12-8-4-6(11)2-3-7(8)9(13)5-10(12)14/h2-4H,5,11H2,1H3. The van der Waals surface area contributed by atoms with Crippen molar-refractivity contribution >= 4 is 23.1 Å². The molecule has 4 nitrogen and oxygen atoms in total. The molecule has 72 valence electrons. The fourth-order valence-electron chi connectivity index (χ4n) is 1.55. The minimum Gasteiger partial charge on any atom is -0.399 e. The van der Waals surface area contributed by atoms with Gasteiger partial charge in [0.25, 0.3) is 0 Å². The first-order chi connectivity index (χ1) is 6.59. The molecule has 0 radical (unpaired) electrons. The van der Waals surface area contributed by atoms with Gasteiger partial charge in [0.2, 0.25) is 5.91 Å². The second-order valence-electron chi connectivity index (χ2n) is 3.33. The predicted molar refractivity (Wildman–Crippen MR) is 53.2 cm³/mol. The number of ketones is 1. The summed E-state index contributed by atoms with van der Waals surface area (Å²) in [7, 11) is 1.65. The van der Waals surface area contributed by atoms with Crippen LogP contribution in [0.1, 0.15) is 16.8 Å². The van der Waals surface area contributed by atoms with Crippen molar-refractivity contribution in [2.75, 3.05) is 17.7 Å². The van der Waals surface area contributed by atoms with Crippen LogP contribution in [0.2, 0.25) is 0 Å². The average molecular weight is 190 g/mol.